The highest BCUT2D eigenvalue weighted by atomic mass is 35.5. The van der Waals surface area contributed by atoms with Crippen LogP contribution in [-0.2, 0) is 5.88 Å². The van der Waals surface area contributed by atoms with E-state index in [-0.39, 0.29) is 11.8 Å². The molecule has 0 unspecified atom stereocenters. The van der Waals surface area contributed by atoms with Gasteiger partial charge in [-0.3, -0.25) is 0 Å². The molecule has 6 heteroatoms. The minimum absolute atomic E-state index is 0.0528. The van der Waals surface area contributed by atoms with Crippen molar-refractivity contribution in [1.29, 1.82) is 0 Å². The molecule has 0 radical (unpaired) electrons. The van der Waals surface area contributed by atoms with Gasteiger partial charge in [0.15, 0.2) is 6.61 Å². The SMILES string of the molecule is Cc1cc(CCl)cc(OCC(F)(F)F)n1. The van der Waals surface area contributed by atoms with Gasteiger partial charge in [0.05, 0.1) is 0 Å². The molecule has 0 N–H and O–H groups in total. The Balaban J connectivity index is 2.73. The second-order valence-corrected chi connectivity index (χ2v) is 3.26. The molecule has 0 spiro atoms. The van der Waals surface area contributed by atoms with E-state index in [1.165, 1.54) is 6.07 Å². The van der Waals surface area contributed by atoms with E-state index in [4.69, 9.17) is 11.6 Å². The summed E-state index contributed by atoms with van der Waals surface area (Å²) in [5.74, 6) is 0.161. The first-order valence-electron chi connectivity index (χ1n) is 4.14. The quantitative estimate of drug-likeness (QED) is 0.757. The first-order chi connectivity index (χ1) is 6.90. The van der Waals surface area contributed by atoms with E-state index in [0.29, 0.717) is 11.3 Å². The Bertz CT molecular complexity index is 341. The maximum atomic E-state index is 11.8. The monoisotopic (exact) mass is 239 g/mol. The van der Waals surface area contributed by atoms with Crippen LogP contribution in [0, 0.1) is 6.92 Å². The fourth-order valence-corrected chi connectivity index (χ4v) is 1.17. The zero-order chi connectivity index (χ0) is 11.5. The van der Waals surface area contributed by atoms with Crippen LogP contribution in [0.3, 0.4) is 0 Å². The van der Waals surface area contributed by atoms with Crippen LogP contribution in [-0.4, -0.2) is 17.8 Å². The highest BCUT2D eigenvalue weighted by Crippen LogP contribution is 2.19. The molecule has 1 rings (SSSR count). The zero-order valence-electron chi connectivity index (χ0n) is 7.94. The topological polar surface area (TPSA) is 22.1 Å². The lowest BCUT2D eigenvalue weighted by atomic mass is 10.2. The summed E-state index contributed by atoms with van der Waals surface area (Å²) in [5, 5.41) is 0. The average molecular weight is 240 g/mol. The van der Waals surface area contributed by atoms with Gasteiger partial charge in [0.1, 0.15) is 0 Å². The third-order valence-electron chi connectivity index (χ3n) is 1.53. The Morgan fingerprint density at radius 3 is 2.60 bits per heavy atom. The van der Waals surface area contributed by atoms with E-state index in [9.17, 15) is 13.2 Å². The van der Waals surface area contributed by atoms with Crippen molar-refractivity contribution >= 4 is 11.6 Å². The summed E-state index contributed by atoms with van der Waals surface area (Å²) in [7, 11) is 0. The van der Waals surface area contributed by atoms with Crippen LogP contribution >= 0.6 is 11.6 Å². The van der Waals surface area contributed by atoms with Crippen LogP contribution in [0.2, 0.25) is 0 Å². The number of aromatic nitrogens is 1. The van der Waals surface area contributed by atoms with Gasteiger partial charge in [-0.25, -0.2) is 4.98 Å². The summed E-state index contributed by atoms with van der Waals surface area (Å²) in [6.07, 6.45) is -4.35. The van der Waals surface area contributed by atoms with Gasteiger partial charge >= 0.3 is 6.18 Å². The molecule has 0 aliphatic carbocycles. The fourth-order valence-electron chi connectivity index (χ4n) is 1.01. The zero-order valence-corrected chi connectivity index (χ0v) is 8.69. The molecule has 0 saturated carbocycles. The Kier molecular flexibility index (Phi) is 3.79. The molecule has 0 aliphatic rings. The molecule has 1 aromatic heterocycles. The average Bonchev–Trinajstić information content (AvgIpc) is 2.13. The molecular weight excluding hydrogens is 231 g/mol. The van der Waals surface area contributed by atoms with Crippen molar-refractivity contribution in [2.24, 2.45) is 0 Å². The van der Waals surface area contributed by atoms with Crippen LogP contribution in [0.4, 0.5) is 13.2 Å². The van der Waals surface area contributed by atoms with E-state index in [1.54, 1.807) is 13.0 Å². The van der Waals surface area contributed by atoms with Gasteiger partial charge in [0, 0.05) is 17.6 Å². The standard InChI is InChI=1S/C9H9ClF3NO/c1-6-2-7(4-10)3-8(14-6)15-5-9(11,12)13/h2-3H,4-5H2,1H3. The number of halogens is 4. The second-order valence-electron chi connectivity index (χ2n) is 2.99. The number of rotatable bonds is 3. The lowest BCUT2D eigenvalue weighted by Gasteiger charge is -2.09. The smallest absolute Gasteiger partial charge is 0.422 e. The Morgan fingerprint density at radius 1 is 1.40 bits per heavy atom. The van der Waals surface area contributed by atoms with Crippen LogP contribution in [0.5, 0.6) is 5.88 Å². The van der Waals surface area contributed by atoms with Gasteiger partial charge in [-0.15, -0.1) is 11.6 Å². The number of ether oxygens (including phenoxy) is 1. The first kappa shape index (κ1) is 12.1. The van der Waals surface area contributed by atoms with Gasteiger partial charge in [0.25, 0.3) is 0 Å². The molecule has 84 valence electrons. The van der Waals surface area contributed by atoms with E-state index in [1.807, 2.05) is 0 Å². The number of aryl methyl sites for hydroxylation is 1. The molecule has 0 aromatic carbocycles. The molecular formula is C9H9ClF3NO. The molecule has 0 saturated heterocycles. The largest absolute Gasteiger partial charge is 0.468 e. The van der Waals surface area contributed by atoms with Crippen molar-refractivity contribution in [3.63, 3.8) is 0 Å². The van der Waals surface area contributed by atoms with Crippen molar-refractivity contribution in [3.8, 4) is 5.88 Å². The summed E-state index contributed by atoms with van der Waals surface area (Å²) < 4.78 is 40.0. The van der Waals surface area contributed by atoms with Crippen molar-refractivity contribution in [3.05, 3.63) is 23.4 Å². The second kappa shape index (κ2) is 4.70. The minimum Gasteiger partial charge on any atom is -0.468 e. The molecule has 0 bridgehead atoms. The van der Waals surface area contributed by atoms with E-state index >= 15 is 0 Å². The highest BCUT2D eigenvalue weighted by molar-refractivity contribution is 6.17. The van der Waals surface area contributed by atoms with Crippen molar-refractivity contribution < 1.29 is 17.9 Å². The van der Waals surface area contributed by atoms with Gasteiger partial charge in [0.2, 0.25) is 5.88 Å². The molecule has 1 heterocycles. The van der Waals surface area contributed by atoms with Gasteiger partial charge < -0.3 is 4.74 Å². The fraction of sp³-hybridized carbons (Fsp3) is 0.444. The van der Waals surface area contributed by atoms with Crippen molar-refractivity contribution in [1.82, 2.24) is 4.98 Å². The lowest BCUT2D eigenvalue weighted by Crippen LogP contribution is -2.19. The molecule has 0 amide bonds. The van der Waals surface area contributed by atoms with Crippen molar-refractivity contribution in [2.75, 3.05) is 6.61 Å². The molecule has 15 heavy (non-hydrogen) atoms. The Hall–Kier alpha value is -0.970. The summed E-state index contributed by atoms with van der Waals surface area (Å²) >= 11 is 5.56. The molecule has 0 atom stereocenters. The molecule has 0 aliphatic heterocycles. The lowest BCUT2D eigenvalue weighted by molar-refractivity contribution is -0.154. The predicted octanol–water partition coefficient (Wildman–Crippen LogP) is 3.07. The minimum atomic E-state index is -4.35. The van der Waals surface area contributed by atoms with E-state index in [0.717, 1.165) is 0 Å². The van der Waals surface area contributed by atoms with Gasteiger partial charge in [-0.2, -0.15) is 13.2 Å². The number of hydrogen-bond donors (Lipinski definition) is 0. The van der Waals surface area contributed by atoms with E-state index in [2.05, 4.69) is 9.72 Å². The Morgan fingerprint density at radius 2 is 2.07 bits per heavy atom. The van der Waals surface area contributed by atoms with Crippen molar-refractivity contribution in [2.45, 2.75) is 19.0 Å². The number of alkyl halides is 4. The number of pyridine rings is 1. The molecule has 1 aromatic rings. The third-order valence-corrected chi connectivity index (χ3v) is 1.84. The molecule has 0 fully saturated rings. The number of hydrogen-bond acceptors (Lipinski definition) is 2. The summed E-state index contributed by atoms with van der Waals surface area (Å²) in [5.41, 5.74) is 1.26. The predicted molar refractivity (Wildman–Crippen MR) is 50.1 cm³/mol. The van der Waals surface area contributed by atoms with Crippen LogP contribution < -0.4 is 4.74 Å². The summed E-state index contributed by atoms with van der Waals surface area (Å²) in [6.45, 7) is 0.321. The van der Waals surface area contributed by atoms with Gasteiger partial charge in [-0.05, 0) is 18.6 Å². The summed E-state index contributed by atoms with van der Waals surface area (Å²) in [4.78, 5) is 3.80. The normalized spacial score (nSPS) is 11.5. The third kappa shape index (κ3) is 4.38. The maximum absolute atomic E-state index is 11.8. The maximum Gasteiger partial charge on any atom is 0.422 e. The van der Waals surface area contributed by atoms with Crippen LogP contribution in [0.25, 0.3) is 0 Å². The number of nitrogens with zero attached hydrogens (tertiary/aromatic N) is 1. The van der Waals surface area contributed by atoms with Crippen LogP contribution in [0.15, 0.2) is 12.1 Å². The summed E-state index contributed by atoms with van der Waals surface area (Å²) in [6, 6.07) is 3.08. The van der Waals surface area contributed by atoms with Gasteiger partial charge in [-0.1, -0.05) is 0 Å². The van der Waals surface area contributed by atoms with Crippen LogP contribution in [0.1, 0.15) is 11.3 Å². The highest BCUT2D eigenvalue weighted by Gasteiger charge is 2.28. The molecule has 2 nitrogen and oxygen atoms in total. The Labute approximate surface area is 90.0 Å². The first-order valence-corrected chi connectivity index (χ1v) is 4.67. The van der Waals surface area contributed by atoms with E-state index < -0.39 is 12.8 Å².